The van der Waals surface area contributed by atoms with Crippen LogP contribution < -0.4 is 19.3 Å². The summed E-state index contributed by atoms with van der Waals surface area (Å²) in [6.45, 7) is 2.02. The highest BCUT2D eigenvalue weighted by Gasteiger charge is 2.40. The van der Waals surface area contributed by atoms with E-state index in [4.69, 9.17) is 14.5 Å². The third-order valence-corrected chi connectivity index (χ3v) is 7.97. The molecule has 0 radical (unpaired) electrons. The minimum atomic E-state index is -0.0861. The molecule has 8 heteroatoms. The molecular formula is C26H23N3O3S2. The molecule has 6 nitrogen and oxygen atoms in total. The quantitative estimate of drug-likeness (QED) is 0.407. The Hall–Kier alpha value is -3.36. The molecule has 1 fully saturated rings. The minimum absolute atomic E-state index is 0.0861. The number of fused-ring (bicyclic) bond motifs is 1. The Morgan fingerprint density at radius 1 is 0.882 bits per heavy atom. The minimum Gasteiger partial charge on any atom is -0.497 e. The number of hydrogen-bond donors (Lipinski definition) is 0. The zero-order chi connectivity index (χ0) is 23.8. The van der Waals surface area contributed by atoms with E-state index in [1.807, 2.05) is 85.6 Å². The molecule has 5 rings (SSSR count). The Labute approximate surface area is 207 Å². The van der Waals surface area contributed by atoms with Crippen LogP contribution in [-0.4, -0.2) is 32.3 Å². The van der Waals surface area contributed by atoms with Crippen LogP contribution in [0.2, 0.25) is 0 Å². The predicted molar refractivity (Wildman–Crippen MR) is 141 cm³/mol. The van der Waals surface area contributed by atoms with E-state index in [-0.39, 0.29) is 5.91 Å². The Morgan fingerprint density at radius 2 is 1.62 bits per heavy atom. The summed E-state index contributed by atoms with van der Waals surface area (Å²) in [7, 11) is 5.26. The van der Waals surface area contributed by atoms with E-state index in [9.17, 15) is 4.79 Å². The number of amides is 1. The van der Waals surface area contributed by atoms with Crippen molar-refractivity contribution in [3.63, 3.8) is 0 Å². The molecule has 3 aromatic carbocycles. The lowest BCUT2D eigenvalue weighted by Crippen LogP contribution is -2.29. The largest absolute Gasteiger partial charge is 0.497 e. The summed E-state index contributed by atoms with van der Waals surface area (Å²) in [6.07, 6.45) is 0. The van der Waals surface area contributed by atoms with Crippen LogP contribution in [0.3, 0.4) is 0 Å². The zero-order valence-corrected chi connectivity index (χ0v) is 20.9. The SMILES string of the molecule is COc1ccc(N=C2S/C(=C3\Sc4ccc(OC)cc4N3C)C(=O)N2c2cccc(C)c2)cc1. The molecule has 172 valence electrons. The summed E-state index contributed by atoms with van der Waals surface area (Å²) in [5, 5.41) is 1.50. The molecule has 0 saturated carbocycles. The van der Waals surface area contributed by atoms with Crippen LogP contribution in [0.25, 0.3) is 0 Å². The number of aliphatic imine (C=N–C) groups is 1. The monoisotopic (exact) mass is 489 g/mol. The first-order valence-corrected chi connectivity index (χ1v) is 12.3. The van der Waals surface area contributed by atoms with Crippen LogP contribution in [0.15, 0.2) is 86.6 Å². The Bertz CT molecular complexity index is 1340. The molecule has 0 atom stereocenters. The number of carbonyl (C=O) groups is 1. The maximum Gasteiger partial charge on any atom is 0.274 e. The molecule has 0 bridgehead atoms. The van der Waals surface area contributed by atoms with Crippen molar-refractivity contribution in [1.82, 2.24) is 0 Å². The first-order chi connectivity index (χ1) is 16.5. The number of anilines is 2. The van der Waals surface area contributed by atoms with Crippen LogP contribution in [0.4, 0.5) is 17.1 Å². The van der Waals surface area contributed by atoms with E-state index in [1.165, 1.54) is 11.8 Å². The lowest BCUT2D eigenvalue weighted by molar-refractivity contribution is -0.113. The Balaban J connectivity index is 1.59. The molecule has 2 heterocycles. The molecule has 0 N–H and O–H groups in total. The average molecular weight is 490 g/mol. The maximum absolute atomic E-state index is 13.8. The number of ether oxygens (including phenoxy) is 2. The highest BCUT2D eigenvalue weighted by molar-refractivity contribution is 8.20. The van der Waals surface area contributed by atoms with Crippen molar-refractivity contribution in [2.45, 2.75) is 11.8 Å². The first kappa shape index (κ1) is 22.4. The predicted octanol–water partition coefficient (Wildman–Crippen LogP) is 6.19. The van der Waals surface area contributed by atoms with Gasteiger partial charge in [0.15, 0.2) is 5.17 Å². The van der Waals surface area contributed by atoms with Gasteiger partial charge in [0.1, 0.15) is 16.4 Å². The second-order valence-electron chi connectivity index (χ2n) is 7.80. The van der Waals surface area contributed by atoms with Crippen LogP contribution >= 0.6 is 23.5 Å². The Kier molecular flexibility index (Phi) is 6.02. The van der Waals surface area contributed by atoms with Crippen molar-refractivity contribution in [3.05, 3.63) is 82.2 Å². The number of rotatable bonds is 4. The first-order valence-electron chi connectivity index (χ1n) is 10.6. The van der Waals surface area contributed by atoms with E-state index in [0.29, 0.717) is 10.1 Å². The fourth-order valence-corrected chi connectivity index (χ4v) is 6.12. The molecule has 0 aliphatic carbocycles. The van der Waals surface area contributed by atoms with Crippen molar-refractivity contribution in [2.75, 3.05) is 31.1 Å². The third kappa shape index (κ3) is 4.03. The molecule has 0 unspecified atom stereocenters. The van der Waals surface area contributed by atoms with Gasteiger partial charge in [0, 0.05) is 18.0 Å². The normalized spacial score (nSPS) is 18.6. The zero-order valence-electron chi connectivity index (χ0n) is 19.2. The van der Waals surface area contributed by atoms with Gasteiger partial charge in [0.25, 0.3) is 5.91 Å². The lowest BCUT2D eigenvalue weighted by atomic mass is 10.2. The number of aryl methyl sites for hydroxylation is 1. The standard InChI is InChI=1S/C26H23N3O3S2/c1-16-6-5-7-18(14-16)29-24(30)23(34-26(29)27-17-8-10-19(31-3)11-9-17)25-28(2)21-15-20(32-4)12-13-22(21)33-25/h5-15H,1-4H3/b25-23-,27-26?. The van der Waals surface area contributed by atoms with E-state index >= 15 is 0 Å². The van der Waals surface area contributed by atoms with Gasteiger partial charge in [-0.1, -0.05) is 23.9 Å². The van der Waals surface area contributed by atoms with Gasteiger partial charge in [-0.25, -0.2) is 4.99 Å². The van der Waals surface area contributed by atoms with E-state index in [2.05, 4.69) is 0 Å². The van der Waals surface area contributed by atoms with Crippen molar-refractivity contribution < 1.29 is 14.3 Å². The van der Waals surface area contributed by atoms with Gasteiger partial charge in [0.2, 0.25) is 0 Å². The topological polar surface area (TPSA) is 54.4 Å². The van der Waals surface area contributed by atoms with Crippen LogP contribution in [0.1, 0.15) is 5.56 Å². The molecular weight excluding hydrogens is 466 g/mol. The number of thioether (sulfide) groups is 2. The lowest BCUT2D eigenvalue weighted by Gasteiger charge is -2.17. The molecule has 3 aromatic rings. The molecule has 2 aliphatic heterocycles. The van der Waals surface area contributed by atoms with Gasteiger partial charge in [-0.05, 0) is 72.8 Å². The van der Waals surface area contributed by atoms with Gasteiger partial charge in [-0.15, -0.1) is 0 Å². The number of carbonyl (C=O) groups excluding carboxylic acids is 1. The van der Waals surface area contributed by atoms with Gasteiger partial charge < -0.3 is 14.4 Å². The van der Waals surface area contributed by atoms with Crippen LogP contribution in [-0.2, 0) is 4.79 Å². The summed E-state index contributed by atoms with van der Waals surface area (Å²) in [6, 6.07) is 21.4. The van der Waals surface area contributed by atoms with Crippen molar-refractivity contribution in [2.24, 2.45) is 4.99 Å². The van der Waals surface area contributed by atoms with Gasteiger partial charge in [-0.3, -0.25) is 9.69 Å². The summed E-state index contributed by atoms with van der Waals surface area (Å²) < 4.78 is 10.7. The number of amidine groups is 1. The summed E-state index contributed by atoms with van der Waals surface area (Å²) in [4.78, 5) is 24.1. The van der Waals surface area contributed by atoms with E-state index in [1.54, 1.807) is 30.9 Å². The average Bonchev–Trinajstić information content (AvgIpc) is 3.35. The molecule has 34 heavy (non-hydrogen) atoms. The fraction of sp³-hybridized carbons (Fsp3) is 0.154. The molecule has 2 aliphatic rings. The van der Waals surface area contributed by atoms with E-state index in [0.717, 1.165) is 44.0 Å². The van der Waals surface area contributed by atoms with Crippen LogP contribution in [0, 0.1) is 6.92 Å². The second kappa shape index (κ2) is 9.12. The summed E-state index contributed by atoms with van der Waals surface area (Å²) in [5.41, 5.74) is 3.64. The van der Waals surface area contributed by atoms with Gasteiger partial charge >= 0.3 is 0 Å². The number of nitrogens with zero attached hydrogens (tertiary/aromatic N) is 3. The number of benzene rings is 3. The highest BCUT2D eigenvalue weighted by atomic mass is 32.2. The number of hydrogen-bond acceptors (Lipinski definition) is 7. The third-order valence-electron chi connectivity index (χ3n) is 5.57. The summed E-state index contributed by atoms with van der Waals surface area (Å²) >= 11 is 2.98. The van der Waals surface area contributed by atoms with Crippen molar-refractivity contribution >= 4 is 51.7 Å². The van der Waals surface area contributed by atoms with Gasteiger partial charge in [-0.2, -0.15) is 0 Å². The highest BCUT2D eigenvalue weighted by Crippen LogP contribution is 2.51. The molecule has 1 amide bonds. The fourth-order valence-electron chi connectivity index (χ4n) is 3.79. The number of methoxy groups -OCH3 is 2. The van der Waals surface area contributed by atoms with Crippen LogP contribution in [0.5, 0.6) is 11.5 Å². The Morgan fingerprint density at radius 3 is 2.32 bits per heavy atom. The summed E-state index contributed by atoms with van der Waals surface area (Å²) in [5.74, 6) is 1.46. The second-order valence-corrected chi connectivity index (χ2v) is 9.81. The maximum atomic E-state index is 13.8. The van der Waals surface area contributed by atoms with Gasteiger partial charge in [0.05, 0.1) is 36.3 Å². The van der Waals surface area contributed by atoms with E-state index < -0.39 is 0 Å². The molecule has 0 aromatic heterocycles. The van der Waals surface area contributed by atoms with Crippen molar-refractivity contribution in [3.8, 4) is 11.5 Å². The van der Waals surface area contributed by atoms with Crippen molar-refractivity contribution in [1.29, 1.82) is 0 Å². The smallest absolute Gasteiger partial charge is 0.274 e. The molecule has 0 spiro atoms. The molecule has 1 saturated heterocycles.